The van der Waals surface area contributed by atoms with Crippen molar-refractivity contribution in [1.82, 2.24) is 0 Å². The van der Waals surface area contributed by atoms with Crippen molar-refractivity contribution in [2.45, 2.75) is 6.61 Å². The molecule has 0 fully saturated rings. The molecule has 0 radical (unpaired) electrons. The molecule has 0 saturated heterocycles. The van der Waals surface area contributed by atoms with Crippen molar-refractivity contribution in [3.8, 4) is 5.75 Å². The monoisotopic (exact) mass is 294 g/mol. The zero-order valence-electron chi connectivity index (χ0n) is 6.63. The normalized spacial score (nSPS) is 10.9. The topological polar surface area (TPSA) is 9.23 Å². The maximum absolute atomic E-state index is 12.8. The highest BCUT2D eigenvalue weighted by atomic mass is 79.9. The molecule has 0 unspecified atom stereocenters. The highest BCUT2D eigenvalue weighted by Crippen LogP contribution is 2.33. The molecule has 0 aliphatic carbocycles. The van der Waals surface area contributed by atoms with Crippen LogP contribution in [0.4, 0.5) is 26.3 Å². The number of ether oxygens (including phenoxy) is 1. The molecule has 0 amide bonds. The minimum Gasteiger partial charge on any atom is -0.428 e. The van der Waals surface area contributed by atoms with Crippen LogP contribution in [0.15, 0.2) is 4.47 Å². The molecule has 1 rings (SSSR count). The lowest BCUT2D eigenvalue weighted by Crippen LogP contribution is -2.09. The SMILES string of the molecule is Fc1c(F)c(OC(F)F)c(F)c(F)c1Br. The summed E-state index contributed by atoms with van der Waals surface area (Å²) in [5.41, 5.74) is 0. The molecule has 0 spiro atoms. The van der Waals surface area contributed by atoms with Gasteiger partial charge in [-0.05, 0) is 15.9 Å². The maximum Gasteiger partial charge on any atom is 0.387 e. The summed E-state index contributed by atoms with van der Waals surface area (Å²) in [5, 5.41) is 0. The molecule has 8 heteroatoms. The van der Waals surface area contributed by atoms with E-state index in [1.165, 1.54) is 0 Å². The molecule has 0 aromatic heterocycles. The van der Waals surface area contributed by atoms with E-state index in [9.17, 15) is 26.3 Å². The standard InChI is InChI=1S/C7HBrF6O/c8-1-2(9)4(11)6(15-7(13)14)5(12)3(1)10/h7H. The van der Waals surface area contributed by atoms with Crippen molar-refractivity contribution < 1.29 is 31.1 Å². The number of hydrogen-bond acceptors (Lipinski definition) is 1. The summed E-state index contributed by atoms with van der Waals surface area (Å²) in [4.78, 5) is 0. The second kappa shape index (κ2) is 4.30. The molecule has 15 heavy (non-hydrogen) atoms. The molecular formula is C7HBrF6O. The fraction of sp³-hybridized carbons (Fsp3) is 0.143. The van der Waals surface area contributed by atoms with Crippen LogP contribution in [0.3, 0.4) is 0 Å². The van der Waals surface area contributed by atoms with Crippen LogP contribution in [-0.2, 0) is 0 Å². The van der Waals surface area contributed by atoms with E-state index in [1.807, 2.05) is 0 Å². The largest absolute Gasteiger partial charge is 0.428 e. The minimum absolute atomic E-state index is 1.13. The Morgan fingerprint density at radius 3 is 1.60 bits per heavy atom. The van der Waals surface area contributed by atoms with Crippen LogP contribution < -0.4 is 4.74 Å². The Kier molecular flexibility index (Phi) is 3.48. The third-order valence-electron chi connectivity index (χ3n) is 1.38. The fourth-order valence-electron chi connectivity index (χ4n) is 0.777. The quantitative estimate of drug-likeness (QED) is 0.460. The average molecular weight is 295 g/mol. The summed E-state index contributed by atoms with van der Waals surface area (Å²) in [6.45, 7) is -3.59. The van der Waals surface area contributed by atoms with Gasteiger partial charge < -0.3 is 4.74 Å². The number of halogens is 7. The van der Waals surface area contributed by atoms with Gasteiger partial charge in [-0.15, -0.1) is 0 Å². The van der Waals surface area contributed by atoms with Gasteiger partial charge in [0.15, 0.2) is 11.6 Å². The first-order valence-electron chi connectivity index (χ1n) is 3.32. The van der Waals surface area contributed by atoms with Gasteiger partial charge in [0, 0.05) is 0 Å². The molecule has 0 bridgehead atoms. The van der Waals surface area contributed by atoms with E-state index in [1.54, 1.807) is 0 Å². The molecule has 0 atom stereocenters. The smallest absolute Gasteiger partial charge is 0.387 e. The molecular weight excluding hydrogens is 294 g/mol. The highest BCUT2D eigenvalue weighted by Gasteiger charge is 2.27. The van der Waals surface area contributed by atoms with Gasteiger partial charge in [0.25, 0.3) is 0 Å². The van der Waals surface area contributed by atoms with E-state index in [0.29, 0.717) is 0 Å². The van der Waals surface area contributed by atoms with Gasteiger partial charge in [-0.1, -0.05) is 0 Å². The van der Waals surface area contributed by atoms with E-state index in [4.69, 9.17) is 0 Å². The van der Waals surface area contributed by atoms with Gasteiger partial charge in [-0.3, -0.25) is 0 Å². The average Bonchev–Trinajstić information content (AvgIpc) is 2.18. The van der Waals surface area contributed by atoms with Crippen molar-refractivity contribution >= 4 is 15.9 Å². The second-order valence-corrected chi connectivity index (χ2v) is 3.07. The third-order valence-corrected chi connectivity index (χ3v) is 2.07. The van der Waals surface area contributed by atoms with Crippen molar-refractivity contribution in [1.29, 1.82) is 0 Å². The Bertz CT molecular complexity index is 365. The van der Waals surface area contributed by atoms with Crippen molar-refractivity contribution in [2.24, 2.45) is 0 Å². The number of hydrogen-bond donors (Lipinski definition) is 0. The Balaban J connectivity index is 3.39. The minimum atomic E-state index is -3.59. The Morgan fingerprint density at radius 2 is 1.27 bits per heavy atom. The van der Waals surface area contributed by atoms with Crippen LogP contribution in [0.1, 0.15) is 0 Å². The summed E-state index contributed by atoms with van der Waals surface area (Å²) in [7, 11) is 0. The van der Waals surface area contributed by atoms with E-state index in [0.717, 1.165) is 0 Å². The number of rotatable bonds is 2. The molecule has 0 aliphatic rings. The molecule has 0 N–H and O–H groups in total. The van der Waals surface area contributed by atoms with Crippen LogP contribution in [-0.4, -0.2) is 6.61 Å². The predicted molar refractivity (Wildman–Crippen MR) is 40.6 cm³/mol. The molecule has 1 aromatic rings. The van der Waals surface area contributed by atoms with Crippen molar-refractivity contribution in [3.05, 3.63) is 27.7 Å². The van der Waals surface area contributed by atoms with Gasteiger partial charge in [0.1, 0.15) is 0 Å². The van der Waals surface area contributed by atoms with E-state index in [-0.39, 0.29) is 0 Å². The van der Waals surface area contributed by atoms with Gasteiger partial charge in [0.05, 0.1) is 4.47 Å². The molecule has 0 aliphatic heterocycles. The summed E-state index contributed by atoms with van der Waals surface area (Å²) >= 11 is 2.21. The predicted octanol–water partition coefficient (Wildman–Crippen LogP) is 3.61. The Labute approximate surface area is 87.8 Å². The summed E-state index contributed by atoms with van der Waals surface area (Å²) < 4.78 is 76.5. The van der Waals surface area contributed by atoms with Gasteiger partial charge in [-0.2, -0.15) is 17.6 Å². The zero-order valence-corrected chi connectivity index (χ0v) is 8.22. The van der Waals surface area contributed by atoms with Gasteiger partial charge in [0.2, 0.25) is 17.4 Å². The Hall–Kier alpha value is -0.920. The highest BCUT2D eigenvalue weighted by molar-refractivity contribution is 9.10. The molecule has 0 saturated carbocycles. The van der Waals surface area contributed by atoms with Crippen LogP contribution >= 0.6 is 15.9 Å². The second-order valence-electron chi connectivity index (χ2n) is 2.28. The molecule has 1 aromatic carbocycles. The Morgan fingerprint density at radius 1 is 0.867 bits per heavy atom. The summed E-state index contributed by atoms with van der Waals surface area (Å²) in [6.07, 6.45) is 0. The maximum atomic E-state index is 12.8. The van der Waals surface area contributed by atoms with E-state index in [2.05, 4.69) is 20.7 Å². The van der Waals surface area contributed by atoms with Crippen molar-refractivity contribution in [2.75, 3.05) is 0 Å². The van der Waals surface area contributed by atoms with E-state index >= 15 is 0 Å². The van der Waals surface area contributed by atoms with Crippen LogP contribution in [0.2, 0.25) is 0 Å². The zero-order chi connectivity index (χ0) is 11.7. The first kappa shape index (κ1) is 12.2. The van der Waals surface area contributed by atoms with Gasteiger partial charge >= 0.3 is 6.61 Å². The van der Waals surface area contributed by atoms with Crippen LogP contribution in [0, 0.1) is 23.3 Å². The number of benzene rings is 1. The summed E-state index contributed by atoms with van der Waals surface area (Å²) in [6, 6.07) is 0. The molecule has 0 heterocycles. The summed E-state index contributed by atoms with van der Waals surface area (Å²) in [5.74, 6) is -9.53. The van der Waals surface area contributed by atoms with Crippen LogP contribution in [0.25, 0.3) is 0 Å². The first-order chi connectivity index (χ1) is 6.86. The first-order valence-corrected chi connectivity index (χ1v) is 4.11. The van der Waals surface area contributed by atoms with Gasteiger partial charge in [-0.25, -0.2) is 8.78 Å². The van der Waals surface area contributed by atoms with E-state index < -0.39 is 40.1 Å². The fourth-order valence-corrected chi connectivity index (χ4v) is 1.13. The third kappa shape index (κ3) is 2.19. The molecule has 1 nitrogen and oxygen atoms in total. The van der Waals surface area contributed by atoms with Crippen LogP contribution in [0.5, 0.6) is 5.75 Å². The lowest BCUT2D eigenvalue weighted by molar-refractivity contribution is -0.0554. The lowest BCUT2D eigenvalue weighted by atomic mass is 10.3. The van der Waals surface area contributed by atoms with Crippen molar-refractivity contribution in [3.63, 3.8) is 0 Å². The molecule has 84 valence electrons. The lowest BCUT2D eigenvalue weighted by Gasteiger charge is -2.09. The number of alkyl halides is 2.